The first-order valence-electron chi connectivity index (χ1n) is 5.72. The minimum Gasteiger partial charge on any atom is -0.508 e. The zero-order valence-electron chi connectivity index (χ0n) is 9.35. The average molecular weight is 234 g/mol. The molecule has 0 saturated carbocycles. The SMILES string of the molecule is Oc1ccc2nc(NCCC3COC3)oc2c1. The number of hydrogen-bond acceptors (Lipinski definition) is 5. The van der Waals surface area contributed by atoms with Gasteiger partial charge >= 0.3 is 0 Å². The smallest absolute Gasteiger partial charge is 0.295 e. The summed E-state index contributed by atoms with van der Waals surface area (Å²) in [6, 6.07) is 5.40. The van der Waals surface area contributed by atoms with Crippen LogP contribution >= 0.6 is 0 Å². The molecule has 5 heteroatoms. The fourth-order valence-corrected chi connectivity index (χ4v) is 1.82. The number of hydrogen-bond donors (Lipinski definition) is 2. The Hall–Kier alpha value is -1.75. The van der Waals surface area contributed by atoms with Crippen molar-refractivity contribution in [3.63, 3.8) is 0 Å². The maximum absolute atomic E-state index is 9.31. The molecule has 0 unspecified atom stereocenters. The summed E-state index contributed by atoms with van der Waals surface area (Å²) in [4.78, 5) is 4.27. The van der Waals surface area contributed by atoms with Crippen molar-refractivity contribution in [1.82, 2.24) is 4.98 Å². The molecule has 17 heavy (non-hydrogen) atoms. The number of phenols is 1. The van der Waals surface area contributed by atoms with Gasteiger partial charge in [-0.3, -0.25) is 0 Å². The predicted molar refractivity (Wildman–Crippen MR) is 63.1 cm³/mol. The summed E-state index contributed by atoms with van der Waals surface area (Å²) < 4.78 is 10.6. The van der Waals surface area contributed by atoms with E-state index < -0.39 is 0 Å². The highest BCUT2D eigenvalue weighted by atomic mass is 16.5. The second-order valence-electron chi connectivity index (χ2n) is 4.29. The van der Waals surface area contributed by atoms with Crippen LogP contribution in [0.5, 0.6) is 5.75 Å². The monoisotopic (exact) mass is 234 g/mol. The van der Waals surface area contributed by atoms with E-state index in [1.165, 1.54) is 0 Å². The van der Waals surface area contributed by atoms with Gasteiger partial charge in [0.1, 0.15) is 11.3 Å². The van der Waals surface area contributed by atoms with E-state index in [0.29, 0.717) is 17.5 Å². The highest BCUT2D eigenvalue weighted by Crippen LogP contribution is 2.23. The van der Waals surface area contributed by atoms with Crippen LogP contribution in [0.1, 0.15) is 6.42 Å². The van der Waals surface area contributed by atoms with Gasteiger partial charge in [-0.05, 0) is 18.6 Å². The van der Waals surface area contributed by atoms with Gasteiger partial charge in [0.25, 0.3) is 6.01 Å². The molecule has 1 saturated heterocycles. The Balaban J connectivity index is 1.64. The number of aromatic hydroxyl groups is 1. The molecule has 2 aromatic rings. The molecule has 0 aliphatic carbocycles. The molecule has 2 N–H and O–H groups in total. The lowest BCUT2D eigenvalue weighted by atomic mass is 10.0. The van der Waals surface area contributed by atoms with Crippen molar-refractivity contribution in [2.45, 2.75) is 6.42 Å². The maximum atomic E-state index is 9.31. The minimum atomic E-state index is 0.187. The highest BCUT2D eigenvalue weighted by Gasteiger charge is 2.17. The number of fused-ring (bicyclic) bond motifs is 1. The van der Waals surface area contributed by atoms with Crippen molar-refractivity contribution in [3.05, 3.63) is 18.2 Å². The van der Waals surface area contributed by atoms with Crippen LogP contribution in [-0.4, -0.2) is 29.8 Å². The van der Waals surface area contributed by atoms with Gasteiger partial charge in [-0.25, -0.2) is 0 Å². The summed E-state index contributed by atoms with van der Waals surface area (Å²) in [7, 11) is 0. The lowest BCUT2D eigenvalue weighted by Gasteiger charge is -2.25. The van der Waals surface area contributed by atoms with Crippen LogP contribution in [0.4, 0.5) is 6.01 Å². The first kappa shape index (κ1) is 10.4. The van der Waals surface area contributed by atoms with Crippen molar-refractivity contribution >= 4 is 17.1 Å². The first-order valence-corrected chi connectivity index (χ1v) is 5.72. The van der Waals surface area contributed by atoms with Crippen LogP contribution in [0.2, 0.25) is 0 Å². The summed E-state index contributed by atoms with van der Waals surface area (Å²) >= 11 is 0. The standard InChI is InChI=1S/C12H14N2O3/c15-9-1-2-10-11(5-9)17-12(14-10)13-4-3-8-6-16-7-8/h1-2,5,8,15H,3-4,6-7H2,(H,13,14). The number of nitrogens with zero attached hydrogens (tertiary/aromatic N) is 1. The van der Waals surface area contributed by atoms with E-state index in [-0.39, 0.29) is 5.75 Å². The van der Waals surface area contributed by atoms with Crippen LogP contribution in [0.15, 0.2) is 22.6 Å². The number of phenolic OH excluding ortho intramolecular Hbond substituents is 1. The average Bonchev–Trinajstić information content (AvgIpc) is 2.63. The van der Waals surface area contributed by atoms with E-state index in [1.54, 1.807) is 18.2 Å². The largest absolute Gasteiger partial charge is 0.508 e. The van der Waals surface area contributed by atoms with Crippen molar-refractivity contribution in [1.29, 1.82) is 0 Å². The van der Waals surface area contributed by atoms with Crippen LogP contribution < -0.4 is 5.32 Å². The Morgan fingerprint density at radius 2 is 2.29 bits per heavy atom. The Morgan fingerprint density at radius 1 is 1.41 bits per heavy atom. The van der Waals surface area contributed by atoms with E-state index in [2.05, 4.69) is 10.3 Å². The Morgan fingerprint density at radius 3 is 3.06 bits per heavy atom. The molecule has 0 atom stereocenters. The summed E-state index contributed by atoms with van der Waals surface area (Å²) in [5.41, 5.74) is 1.34. The molecule has 0 bridgehead atoms. The number of ether oxygens (including phenoxy) is 1. The number of oxazole rings is 1. The van der Waals surface area contributed by atoms with Gasteiger partial charge in [-0.15, -0.1) is 0 Å². The van der Waals surface area contributed by atoms with Crippen LogP contribution in [0.3, 0.4) is 0 Å². The molecule has 2 heterocycles. The van der Waals surface area contributed by atoms with Crippen LogP contribution in [0, 0.1) is 5.92 Å². The van der Waals surface area contributed by atoms with Gasteiger partial charge in [0.15, 0.2) is 5.58 Å². The fourth-order valence-electron chi connectivity index (χ4n) is 1.82. The molecule has 1 fully saturated rings. The minimum absolute atomic E-state index is 0.187. The molecule has 90 valence electrons. The Bertz CT molecular complexity index is 519. The molecule has 5 nitrogen and oxygen atoms in total. The summed E-state index contributed by atoms with van der Waals surface area (Å²) in [5, 5.41) is 12.4. The van der Waals surface area contributed by atoms with E-state index in [1.807, 2.05) is 0 Å². The topological polar surface area (TPSA) is 67.5 Å². The molecule has 0 spiro atoms. The Kier molecular flexibility index (Phi) is 2.60. The predicted octanol–water partition coefficient (Wildman–Crippen LogP) is 1.98. The van der Waals surface area contributed by atoms with Gasteiger partial charge in [0, 0.05) is 18.5 Å². The molecule has 1 aromatic carbocycles. The second kappa shape index (κ2) is 4.25. The molecule has 0 radical (unpaired) electrons. The lowest BCUT2D eigenvalue weighted by Crippen LogP contribution is -2.29. The highest BCUT2D eigenvalue weighted by molar-refractivity contribution is 5.75. The molecule has 1 aliphatic rings. The number of benzene rings is 1. The quantitative estimate of drug-likeness (QED) is 0.846. The molecule has 1 aliphatic heterocycles. The van der Waals surface area contributed by atoms with Gasteiger partial charge in [0.2, 0.25) is 0 Å². The van der Waals surface area contributed by atoms with Gasteiger partial charge in [0.05, 0.1) is 13.2 Å². The number of aromatic nitrogens is 1. The van der Waals surface area contributed by atoms with E-state index in [4.69, 9.17) is 9.15 Å². The molecular weight excluding hydrogens is 220 g/mol. The fraction of sp³-hybridized carbons (Fsp3) is 0.417. The summed E-state index contributed by atoms with van der Waals surface area (Å²) in [6.07, 6.45) is 1.06. The van der Waals surface area contributed by atoms with Crippen molar-refractivity contribution in [2.75, 3.05) is 25.1 Å². The zero-order chi connectivity index (χ0) is 11.7. The zero-order valence-corrected chi connectivity index (χ0v) is 9.35. The van der Waals surface area contributed by atoms with E-state index in [0.717, 1.165) is 31.7 Å². The van der Waals surface area contributed by atoms with Crippen molar-refractivity contribution in [3.8, 4) is 5.75 Å². The lowest BCUT2D eigenvalue weighted by molar-refractivity contribution is -0.0338. The number of anilines is 1. The molecular formula is C12H14N2O3. The van der Waals surface area contributed by atoms with Gasteiger partial charge in [-0.2, -0.15) is 4.98 Å². The third kappa shape index (κ3) is 2.19. The van der Waals surface area contributed by atoms with E-state index >= 15 is 0 Å². The summed E-state index contributed by atoms with van der Waals surface area (Å²) in [5.74, 6) is 0.850. The van der Waals surface area contributed by atoms with Crippen LogP contribution in [-0.2, 0) is 4.74 Å². The molecule has 3 rings (SSSR count). The van der Waals surface area contributed by atoms with E-state index in [9.17, 15) is 5.11 Å². The third-order valence-electron chi connectivity index (χ3n) is 2.91. The third-order valence-corrected chi connectivity index (χ3v) is 2.91. The second-order valence-corrected chi connectivity index (χ2v) is 4.29. The normalized spacial score (nSPS) is 16.0. The van der Waals surface area contributed by atoms with Gasteiger partial charge < -0.3 is 19.6 Å². The van der Waals surface area contributed by atoms with Crippen molar-refractivity contribution < 1.29 is 14.3 Å². The van der Waals surface area contributed by atoms with Crippen molar-refractivity contribution in [2.24, 2.45) is 5.92 Å². The first-order chi connectivity index (χ1) is 8.31. The molecule has 0 amide bonds. The van der Waals surface area contributed by atoms with Crippen LogP contribution in [0.25, 0.3) is 11.1 Å². The number of nitrogens with one attached hydrogen (secondary N) is 1. The van der Waals surface area contributed by atoms with Gasteiger partial charge in [-0.1, -0.05) is 0 Å². The number of rotatable bonds is 4. The maximum Gasteiger partial charge on any atom is 0.295 e. The summed E-state index contributed by atoms with van der Waals surface area (Å²) in [6.45, 7) is 2.55. The Labute approximate surface area is 98.4 Å². The molecule has 1 aromatic heterocycles.